The van der Waals surface area contributed by atoms with E-state index in [4.69, 9.17) is 4.74 Å². The second-order valence-electron chi connectivity index (χ2n) is 6.41. The van der Waals surface area contributed by atoms with Crippen LogP contribution in [-0.4, -0.2) is 33.0 Å². The molecule has 0 unspecified atom stereocenters. The average molecular weight is 452 g/mol. The molecule has 2 aromatic carbocycles. The lowest BCUT2D eigenvalue weighted by Gasteiger charge is -2.07. The van der Waals surface area contributed by atoms with E-state index in [1.54, 1.807) is 19.4 Å². The van der Waals surface area contributed by atoms with Gasteiger partial charge in [-0.3, -0.25) is 14.6 Å². The predicted molar refractivity (Wildman–Crippen MR) is 114 cm³/mol. The number of aromatic nitrogens is 4. The Morgan fingerprint density at radius 1 is 1.21 bits per heavy atom. The van der Waals surface area contributed by atoms with Crippen LogP contribution in [0.25, 0.3) is 11.3 Å². The number of hydrogen-bond donors (Lipinski definition) is 2. The van der Waals surface area contributed by atoms with Gasteiger partial charge in [-0.15, -0.1) is 0 Å². The van der Waals surface area contributed by atoms with Gasteiger partial charge in [-0.25, -0.2) is 0 Å². The smallest absolute Gasteiger partial charge is 0.273 e. The lowest BCUT2D eigenvalue weighted by Crippen LogP contribution is -2.12. The highest BCUT2D eigenvalue weighted by Gasteiger charge is 2.12. The highest BCUT2D eigenvalue weighted by Crippen LogP contribution is 2.23. The van der Waals surface area contributed by atoms with Crippen LogP contribution in [0.2, 0.25) is 0 Å². The molecule has 4 aromatic rings. The molecule has 0 atom stereocenters. The SMILES string of the molecule is COc1cccc(-c2cc(C(=O)Nc3cccc(Cn4cc(Br)cn4)c3)[nH]n2)c1. The van der Waals surface area contributed by atoms with Crippen LogP contribution in [-0.2, 0) is 6.54 Å². The molecule has 0 aliphatic heterocycles. The number of H-pyrrole nitrogens is 1. The van der Waals surface area contributed by atoms with Crippen molar-refractivity contribution in [2.24, 2.45) is 0 Å². The van der Waals surface area contributed by atoms with Crippen LogP contribution in [0.5, 0.6) is 5.75 Å². The third kappa shape index (κ3) is 4.55. The van der Waals surface area contributed by atoms with Crippen molar-refractivity contribution in [3.05, 3.63) is 82.7 Å². The van der Waals surface area contributed by atoms with Gasteiger partial charge in [0.1, 0.15) is 11.4 Å². The quantitative estimate of drug-likeness (QED) is 0.456. The number of nitrogens with zero attached hydrogens (tertiary/aromatic N) is 3. The summed E-state index contributed by atoms with van der Waals surface area (Å²) in [6.07, 6.45) is 3.64. The standard InChI is InChI=1S/C21H18BrN5O2/c1-29-18-7-3-5-15(9-18)19-10-20(26-25-19)21(28)24-17-6-2-4-14(8-17)12-27-13-16(22)11-23-27/h2-11,13H,12H2,1H3,(H,24,28)(H,25,26). The minimum Gasteiger partial charge on any atom is -0.497 e. The first-order valence-electron chi connectivity index (χ1n) is 8.89. The summed E-state index contributed by atoms with van der Waals surface area (Å²) >= 11 is 3.39. The number of carbonyl (C=O) groups excluding carboxylic acids is 1. The Hall–Kier alpha value is -3.39. The molecule has 29 heavy (non-hydrogen) atoms. The van der Waals surface area contributed by atoms with E-state index in [2.05, 4.69) is 36.5 Å². The molecule has 7 nitrogen and oxygen atoms in total. The van der Waals surface area contributed by atoms with Crippen molar-refractivity contribution >= 4 is 27.5 Å². The van der Waals surface area contributed by atoms with Crippen LogP contribution >= 0.6 is 15.9 Å². The van der Waals surface area contributed by atoms with Crippen molar-refractivity contribution in [1.29, 1.82) is 0 Å². The number of anilines is 1. The molecule has 146 valence electrons. The van der Waals surface area contributed by atoms with Crippen molar-refractivity contribution in [3.8, 4) is 17.0 Å². The minimum absolute atomic E-state index is 0.259. The summed E-state index contributed by atoms with van der Waals surface area (Å²) in [6, 6.07) is 16.9. The summed E-state index contributed by atoms with van der Waals surface area (Å²) in [5, 5.41) is 14.2. The van der Waals surface area contributed by atoms with E-state index in [-0.39, 0.29) is 5.91 Å². The first-order chi connectivity index (χ1) is 14.1. The topological polar surface area (TPSA) is 84.8 Å². The maximum absolute atomic E-state index is 12.6. The fourth-order valence-corrected chi connectivity index (χ4v) is 3.25. The van der Waals surface area contributed by atoms with Crippen LogP contribution in [0.3, 0.4) is 0 Å². The Kier molecular flexibility index (Phi) is 5.44. The van der Waals surface area contributed by atoms with Gasteiger partial charge >= 0.3 is 0 Å². The van der Waals surface area contributed by atoms with Gasteiger partial charge in [0.15, 0.2) is 0 Å². The Labute approximate surface area is 175 Å². The highest BCUT2D eigenvalue weighted by molar-refractivity contribution is 9.10. The van der Waals surface area contributed by atoms with Gasteiger partial charge in [0.2, 0.25) is 0 Å². The Morgan fingerprint density at radius 3 is 2.86 bits per heavy atom. The molecular formula is C21H18BrN5O2. The number of methoxy groups -OCH3 is 1. The van der Waals surface area contributed by atoms with Crippen LogP contribution in [0.1, 0.15) is 16.1 Å². The Morgan fingerprint density at radius 2 is 2.07 bits per heavy atom. The number of hydrogen-bond acceptors (Lipinski definition) is 4. The van der Waals surface area contributed by atoms with Gasteiger partial charge < -0.3 is 10.1 Å². The molecular weight excluding hydrogens is 434 g/mol. The lowest BCUT2D eigenvalue weighted by atomic mass is 10.1. The number of ether oxygens (including phenoxy) is 1. The van der Waals surface area contributed by atoms with E-state index in [1.807, 2.05) is 59.4 Å². The third-order valence-electron chi connectivity index (χ3n) is 4.32. The maximum atomic E-state index is 12.6. The second kappa shape index (κ2) is 8.32. The largest absolute Gasteiger partial charge is 0.497 e. The minimum atomic E-state index is -0.259. The number of carbonyl (C=O) groups is 1. The molecule has 2 aromatic heterocycles. The van der Waals surface area contributed by atoms with E-state index in [0.717, 1.165) is 21.3 Å². The predicted octanol–water partition coefficient (Wildman–Crippen LogP) is 4.34. The molecule has 1 amide bonds. The number of halogens is 1. The summed E-state index contributed by atoms with van der Waals surface area (Å²) in [7, 11) is 1.61. The van der Waals surface area contributed by atoms with E-state index in [0.29, 0.717) is 23.6 Å². The van der Waals surface area contributed by atoms with Gasteiger partial charge in [0.25, 0.3) is 5.91 Å². The number of nitrogens with one attached hydrogen (secondary N) is 2. The monoisotopic (exact) mass is 451 g/mol. The molecule has 0 saturated heterocycles. The van der Waals surface area contributed by atoms with E-state index in [9.17, 15) is 4.79 Å². The summed E-state index contributed by atoms with van der Waals surface area (Å²) < 4.78 is 7.98. The third-order valence-corrected chi connectivity index (χ3v) is 4.73. The van der Waals surface area contributed by atoms with Crippen LogP contribution in [0, 0.1) is 0 Å². The Bertz CT molecular complexity index is 1150. The summed E-state index contributed by atoms with van der Waals surface area (Å²) in [5.74, 6) is 0.475. The van der Waals surface area contributed by atoms with Crippen LogP contribution in [0.4, 0.5) is 5.69 Å². The number of aromatic amines is 1. The first kappa shape index (κ1) is 18.9. The van der Waals surface area contributed by atoms with Crippen molar-refractivity contribution in [2.45, 2.75) is 6.54 Å². The maximum Gasteiger partial charge on any atom is 0.273 e. The van der Waals surface area contributed by atoms with Gasteiger partial charge in [0, 0.05) is 17.4 Å². The molecule has 0 aliphatic carbocycles. The number of rotatable bonds is 6. The van der Waals surface area contributed by atoms with Crippen LogP contribution < -0.4 is 10.1 Å². The molecule has 0 fully saturated rings. The summed E-state index contributed by atoms with van der Waals surface area (Å²) in [4.78, 5) is 12.6. The zero-order valence-electron chi connectivity index (χ0n) is 15.6. The van der Waals surface area contributed by atoms with Crippen molar-refractivity contribution in [2.75, 3.05) is 12.4 Å². The average Bonchev–Trinajstić information content (AvgIpc) is 3.38. The van der Waals surface area contributed by atoms with E-state index in [1.165, 1.54) is 0 Å². The molecule has 0 bridgehead atoms. The van der Waals surface area contributed by atoms with Gasteiger partial charge in [-0.2, -0.15) is 10.2 Å². The van der Waals surface area contributed by atoms with Gasteiger partial charge in [0.05, 0.1) is 30.0 Å². The fraction of sp³-hybridized carbons (Fsp3) is 0.0952. The molecule has 2 heterocycles. The lowest BCUT2D eigenvalue weighted by molar-refractivity contribution is 0.102. The van der Waals surface area contributed by atoms with E-state index >= 15 is 0 Å². The summed E-state index contributed by atoms with van der Waals surface area (Å²) in [6.45, 7) is 0.610. The zero-order chi connectivity index (χ0) is 20.2. The Balaban J connectivity index is 1.47. The van der Waals surface area contributed by atoms with Crippen molar-refractivity contribution < 1.29 is 9.53 Å². The summed E-state index contributed by atoms with van der Waals surface area (Å²) in [5.41, 5.74) is 3.65. The van der Waals surface area contributed by atoms with Gasteiger partial charge in [-0.1, -0.05) is 24.3 Å². The number of benzene rings is 2. The van der Waals surface area contributed by atoms with Crippen molar-refractivity contribution in [1.82, 2.24) is 20.0 Å². The zero-order valence-corrected chi connectivity index (χ0v) is 17.2. The second-order valence-corrected chi connectivity index (χ2v) is 7.33. The molecule has 4 rings (SSSR count). The molecule has 8 heteroatoms. The molecule has 0 saturated carbocycles. The fourth-order valence-electron chi connectivity index (χ4n) is 2.93. The molecule has 0 spiro atoms. The molecule has 0 aliphatic rings. The van der Waals surface area contributed by atoms with Crippen LogP contribution in [0.15, 0.2) is 71.5 Å². The normalized spacial score (nSPS) is 10.7. The van der Waals surface area contributed by atoms with E-state index < -0.39 is 0 Å². The van der Waals surface area contributed by atoms with Gasteiger partial charge in [-0.05, 0) is 51.8 Å². The number of amides is 1. The van der Waals surface area contributed by atoms with Crippen molar-refractivity contribution in [3.63, 3.8) is 0 Å². The molecule has 2 N–H and O–H groups in total. The molecule has 0 radical (unpaired) electrons. The first-order valence-corrected chi connectivity index (χ1v) is 9.68. The highest BCUT2D eigenvalue weighted by atomic mass is 79.9.